The van der Waals surface area contributed by atoms with Crippen LogP contribution in [0, 0.1) is 56.7 Å². The largest absolute Gasteiger partial charge is 0.0679 e. The number of hydrogen-bond donors (Lipinski definition) is 0. The second-order valence-electron chi connectivity index (χ2n) is 15.2. The summed E-state index contributed by atoms with van der Waals surface area (Å²) in [5.74, 6) is 4.43. The standard InChI is InChI=1S/C31H52/c1-20(2)22-12-15-28(6)23(22)13-16-30(8)25(28)10-11-26-29(7)19-21(3)18-27(4,5)24(29)14-17-31(26,30)9/h20-21,24-26H,10-19H2,1-9H3/t21?,24-,25+,26+,28-,29-,30+,31+/m0/s1. The summed E-state index contributed by atoms with van der Waals surface area (Å²) >= 11 is 0. The van der Waals surface area contributed by atoms with Crippen molar-refractivity contribution in [2.75, 3.05) is 0 Å². The van der Waals surface area contributed by atoms with Gasteiger partial charge in [-0.15, -0.1) is 0 Å². The zero-order chi connectivity index (χ0) is 22.6. The number of fused-ring (bicyclic) bond motifs is 7. The molecule has 0 aromatic rings. The highest BCUT2D eigenvalue weighted by atomic mass is 14.7. The third-order valence-corrected chi connectivity index (χ3v) is 13.1. The first kappa shape index (κ1) is 22.5. The SMILES string of the molecule is CC1CC(C)(C)[C@@H]2CC[C@]3(C)[C@H](CC[C@@H]4[C@@]5(C)CCC(C(C)C)=C5CC[C@]43C)[C@@]2(C)C1. The van der Waals surface area contributed by atoms with Gasteiger partial charge in [-0.2, -0.15) is 0 Å². The zero-order valence-corrected chi connectivity index (χ0v) is 22.5. The van der Waals surface area contributed by atoms with Crippen molar-refractivity contribution in [3.8, 4) is 0 Å². The Morgan fingerprint density at radius 1 is 0.710 bits per heavy atom. The molecular formula is C31H52. The molecule has 5 rings (SSSR count). The minimum Gasteiger partial charge on any atom is -0.0679 e. The van der Waals surface area contributed by atoms with E-state index in [1.165, 1.54) is 64.2 Å². The molecule has 4 fully saturated rings. The van der Waals surface area contributed by atoms with Crippen molar-refractivity contribution in [1.29, 1.82) is 0 Å². The monoisotopic (exact) mass is 424 g/mol. The van der Waals surface area contributed by atoms with E-state index in [1.54, 1.807) is 0 Å². The van der Waals surface area contributed by atoms with Gasteiger partial charge in [0.25, 0.3) is 0 Å². The van der Waals surface area contributed by atoms with E-state index in [2.05, 4.69) is 62.3 Å². The van der Waals surface area contributed by atoms with Crippen LogP contribution in [0.3, 0.4) is 0 Å². The molecule has 0 saturated heterocycles. The van der Waals surface area contributed by atoms with Gasteiger partial charge in [0.15, 0.2) is 0 Å². The summed E-state index contributed by atoms with van der Waals surface area (Å²) in [6.45, 7) is 23.8. The maximum Gasteiger partial charge on any atom is -0.00769 e. The van der Waals surface area contributed by atoms with Gasteiger partial charge in [0.2, 0.25) is 0 Å². The van der Waals surface area contributed by atoms with Gasteiger partial charge in [0.1, 0.15) is 0 Å². The highest BCUT2D eigenvalue weighted by Crippen LogP contribution is 2.77. The lowest BCUT2D eigenvalue weighted by Crippen LogP contribution is -2.65. The first-order valence-electron chi connectivity index (χ1n) is 14.0. The second kappa shape index (κ2) is 6.66. The Morgan fingerprint density at radius 2 is 1.35 bits per heavy atom. The van der Waals surface area contributed by atoms with E-state index in [1.807, 2.05) is 11.1 Å². The van der Waals surface area contributed by atoms with Crippen LogP contribution in [0.2, 0.25) is 0 Å². The van der Waals surface area contributed by atoms with Gasteiger partial charge in [0, 0.05) is 0 Å². The molecular weight excluding hydrogens is 372 g/mol. The van der Waals surface area contributed by atoms with Gasteiger partial charge in [-0.1, -0.05) is 73.5 Å². The second-order valence-corrected chi connectivity index (χ2v) is 15.2. The summed E-state index contributed by atoms with van der Waals surface area (Å²) in [4.78, 5) is 0. The molecule has 31 heavy (non-hydrogen) atoms. The molecule has 0 spiro atoms. The molecule has 0 nitrogen and oxygen atoms in total. The van der Waals surface area contributed by atoms with Crippen LogP contribution in [-0.2, 0) is 0 Å². The summed E-state index contributed by atoms with van der Waals surface area (Å²) in [7, 11) is 0. The fourth-order valence-corrected chi connectivity index (χ4v) is 12.1. The van der Waals surface area contributed by atoms with E-state index in [0.717, 1.165) is 29.6 Å². The van der Waals surface area contributed by atoms with Crippen molar-refractivity contribution < 1.29 is 0 Å². The van der Waals surface area contributed by atoms with E-state index in [9.17, 15) is 0 Å². The molecule has 1 unspecified atom stereocenters. The van der Waals surface area contributed by atoms with E-state index < -0.39 is 0 Å². The zero-order valence-electron chi connectivity index (χ0n) is 22.5. The number of allylic oxidation sites excluding steroid dienone is 2. The van der Waals surface area contributed by atoms with Crippen LogP contribution in [0.4, 0.5) is 0 Å². The van der Waals surface area contributed by atoms with Crippen molar-refractivity contribution >= 4 is 0 Å². The topological polar surface area (TPSA) is 0 Å². The van der Waals surface area contributed by atoms with Gasteiger partial charge in [0.05, 0.1) is 0 Å². The van der Waals surface area contributed by atoms with Gasteiger partial charge in [-0.25, -0.2) is 0 Å². The fraction of sp³-hybridized carbons (Fsp3) is 0.935. The van der Waals surface area contributed by atoms with Crippen molar-refractivity contribution in [3.63, 3.8) is 0 Å². The fourth-order valence-electron chi connectivity index (χ4n) is 12.1. The van der Waals surface area contributed by atoms with E-state index in [4.69, 9.17) is 0 Å². The molecule has 0 aliphatic heterocycles. The number of rotatable bonds is 1. The van der Waals surface area contributed by atoms with Crippen LogP contribution in [0.1, 0.15) is 127 Å². The maximum atomic E-state index is 2.80. The Balaban J connectivity index is 1.56. The normalized spacial score (nSPS) is 53.6. The quantitative estimate of drug-likeness (QED) is 0.368. The summed E-state index contributed by atoms with van der Waals surface area (Å²) < 4.78 is 0. The van der Waals surface area contributed by atoms with Gasteiger partial charge < -0.3 is 0 Å². The molecule has 0 heterocycles. The molecule has 0 aromatic heterocycles. The number of hydrogen-bond acceptors (Lipinski definition) is 0. The van der Waals surface area contributed by atoms with Crippen LogP contribution < -0.4 is 0 Å². The van der Waals surface area contributed by atoms with Gasteiger partial charge in [-0.05, 0) is 121 Å². The van der Waals surface area contributed by atoms with Crippen molar-refractivity contribution in [2.24, 2.45) is 56.7 Å². The molecule has 0 amide bonds. The predicted molar refractivity (Wildman–Crippen MR) is 134 cm³/mol. The Kier molecular flexibility index (Phi) is 4.84. The van der Waals surface area contributed by atoms with Crippen LogP contribution in [0.5, 0.6) is 0 Å². The lowest BCUT2D eigenvalue weighted by molar-refractivity contribution is -0.231. The van der Waals surface area contributed by atoms with Gasteiger partial charge >= 0.3 is 0 Å². The van der Waals surface area contributed by atoms with Gasteiger partial charge in [-0.3, -0.25) is 0 Å². The summed E-state index contributed by atoms with van der Waals surface area (Å²) in [5.41, 5.74) is 6.42. The third-order valence-electron chi connectivity index (χ3n) is 13.1. The maximum absolute atomic E-state index is 2.80. The lowest BCUT2D eigenvalue weighted by Gasteiger charge is -2.73. The molecule has 4 saturated carbocycles. The highest BCUT2D eigenvalue weighted by molar-refractivity contribution is 5.35. The molecule has 0 aromatic carbocycles. The third kappa shape index (κ3) is 2.72. The average molecular weight is 425 g/mol. The minimum absolute atomic E-state index is 0.497. The highest BCUT2D eigenvalue weighted by Gasteiger charge is 2.69. The smallest absolute Gasteiger partial charge is 0.00769 e. The van der Waals surface area contributed by atoms with Crippen LogP contribution in [0.25, 0.3) is 0 Å². The van der Waals surface area contributed by atoms with Crippen molar-refractivity contribution in [2.45, 2.75) is 127 Å². The molecule has 0 radical (unpaired) electrons. The van der Waals surface area contributed by atoms with E-state index in [0.29, 0.717) is 27.1 Å². The molecule has 0 N–H and O–H groups in total. The lowest BCUT2D eigenvalue weighted by atomic mass is 9.32. The first-order chi connectivity index (χ1) is 14.3. The Labute approximate surface area is 194 Å². The molecule has 8 atom stereocenters. The minimum atomic E-state index is 0.497. The summed E-state index contributed by atoms with van der Waals surface area (Å²) in [5, 5.41) is 0. The molecule has 5 aliphatic carbocycles. The Hall–Kier alpha value is -0.260. The van der Waals surface area contributed by atoms with E-state index in [-0.39, 0.29) is 0 Å². The van der Waals surface area contributed by atoms with Crippen LogP contribution in [0.15, 0.2) is 11.1 Å². The molecule has 0 bridgehead atoms. The Morgan fingerprint density at radius 3 is 2.03 bits per heavy atom. The van der Waals surface area contributed by atoms with Crippen LogP contribution in [-0.4, -0.2) is 0 Å². The molecule has 0 heteroatoms. The molecule has 176 valence electrons. The predicted octanol–water partition coefficient (Wildman–Crippen LogP) is 9.44. The Bertz CT molecular complexity index is 784. The summed E-state index contributed by atoms with van der Waals surface area (Å²) in [6.07, 6.45) is 14.6. The average Bonchev–Trinajstić information content (AvgIpc) is 2.98. The first-order valence-corrected chi connectivity index (χ1v) is 14.0. The van der Waals surface area contributed by atoms with Crippen molar-refractivity contribution in [3.05, 3.63) is 11.1 Å². The van der Waals surface area contributed by atoms with Crippen LogP contribution >= 0.6 is 0 Å². The van der Waals surface area contributed by atoms with Crippen molar-refractivity contribution in [1.82, 2.24) is 0 Å². The van der Waals surface area contributed by atoms with E-state index >= 15 is 0 Å². The summed E-state index contributed by atoms with van der Waals surface area (Å²) in [6, 6.07) is 0. The molecule has 5 aliphatic rings.